The third kappa shape index (κ3) is 3.71. The molecule has 1 N–H and O–H groups in total. The second kappa shape index (κ2) is 7.61. The van der Waals surface area contributed by atoms with Crippen LogP contribution in [0.3, 0.4) is 0 Å². The van der Waals surface area contributed by atoms with Gasteiger partial charge in [0.25, 0.3) is 0 Å². The molecule has 0 heterocycles. The molecule has 0 aliphatic carbocycles. The Balaban J connectivity index is 2.20. The summed E-state index contributed by atoms with van der Waals surface area (Å²) in [6.07, 6.45) is 2.17. The second-order valence-electron chi connectivity index (χ2n) is 5.12. The molecule has 0 spiro atoms. The molecule has 20 heavy (non-hydrogen) atoms. The van der Waals surface area contributed by atoms with Crippen molar-refractivity contribution in [2.75, 3.05) is 7.05 Å². The summed E-state index contributed by atoms with van der Waals surface area (Å²) >= 11 is 3.65. The van der Waals surface area contributed by atoms with E-state index in [0.717, 1.165) is 12.8 Å². The van der Waals surface area contributed by atoms with Crippen molar-refractivity contribution in [3.63, 3.8) is 0 Å². The fourth-order valence-corrected chi connectivity index (χ4v) is 3.25. The molecule has 0 fully saturated rings. The van der Waals surface area contributed by atoms with E-state index >= 15 is 0 Å². The van der Waals surface area contributed by atoms with Crippen LogP contribution >= 0.6 is 15.9 Å². The van der Waals surface area contributed by atoms with Gasteiger partial charge in [-0.1, -0.05) is 71.4 Å². The van der Waals surface area contributed by atoms with Crippen molar-refractivity contribution in [3.05, 3.63) is 70.2 Å². The van der Waals surface area contributed by atoms with Gasteiger partial charge in [0.2, 0.25) is 0 Å². The summed E-state index contributed by atoms with van der Waals surface area (Å²) in [6.45, 7) is 2.27. The highest BCUT2D eigenvalue weighted by Gasteiger charge is 2.21. The summed E-state index contributed by atoms with van der Waals surface area (Å²) in [5, 5.41) is 3.51. The fourth-order valence-electron chi connectivity index (χ4n) is 2.80. The molecule has 0 radical (unpaired) electrons. The fraction of sp³-hybridized carbons (Fsp3) is 0.333. The Hall–Kier alpha value is -1.12. The van der Waals surface area contributed by atoms with Gasteiger partial charge in [-0.15, -0.1) is 0 Å². The first-order valence-electron chi connectivity index (χ1n) is 7.21. The third-order valence-corrected chi connectivity index (χ3v) is 4.70. The largest absolute Gasteiger partial charge is 0.316 e. The highest BCUT2D eigenvalue weighted by Crippen LogP contribution is 2.27. The Morgan fingerprint density at radius 2 is 1.65 bits per heavy atom. The van der Waals surface area contributed by atoms with Crippen LogP contribution in [0.4, 0.5) is 0 Å². The van der Waals surface area contributed by atoms with Gasteiger partial charge >= 0.3 is 0 Å². The number of hydrogen-bond donors (Lipinski definition) is 1. The summed E-state index contributed by atoms with van der Waals surface area (Å²) < 4.78 is 1.20. The average Bonchev–Trinajstić information content (AvgIpc) is 2.50. The van der Waals surface area contributed by atoms with Crippen LogP contribution in [0.1, 0.15) is 30.4 Å². The monoisotopic (exact) mass is 331 g/mol. The number of hydrogen-bond acceptors (Lipinski definition) is 1. The van der Waals surface area contributed by atoms with E-state index in [1.165, 1.54) is 15.6 Å². The lowest BCUT2D eigenvalue weighted by Gasteiger charge is -2.27. The van der Waals surface area contributed by atoms with E-state index in [-0.39, 0.29) is 0 Å². The van der Waals surface area contributed by atoms with Crippen molar-refractivity contribution in [2.45, 2.75) is 31.7 Å². The summed E-state index contributed by atoms with van der Waals surface area (Å²) in [5.41, 5.74) is 2.78. The topological polar surface area (TPSA) is 12.0 Å². The molecule has 0 aliphatic rings. The Labute approximate surface area is 130 Å². The first-order chi connectivity index (χ1) is 9.76. The van der Waals surface area contributed by atoms with Gasteiger partial charge in [-0.3, -0.25) is 0 Å². The van der Waals surface area contributed by atoms with E-state index in [9.17, 15) is 0 Å². The van der Waals surface area contributed by atoms with Crippen molar-refractivity contribution < 1.29 is 0 Å². The summed E-state index contributed by atoms with van der Waals surface area (Å²) in [4.78, 5) is 0. The highest BCUT2D eigenvalue weighted by atomic mass is 79.9. The van der Waals surface area contributed by atoms with E-state index in [4.69, 9.17) is 0 Å². The van der Waals surface area contributed by atoms with Crippen molar-refractivity contribution in [1.29, 1.82) is 0 Å². The quantitative estimate of drug-likeness (QED) is 0.803. The van der Waals surface area contributed by atoms with Crippen LogP contribution in [0.5, 0.6) is 0 Å². The molecule has 0 amide bonds. The zero-order valence-electron chi connectivity index (χ0n) is 12.1. The van der Waals surface area contributed by atoms with Gasteiger partial charge in [0.1, 0.15) is 0 Å². The number of rotatable bonds is 6. The zero-order valence-corrected chi connectivity index (χ0v) is 13.7. The molecule has 0 bridgehead atoms. The Morgan fingerprint density at radius 3 is 2.25 bits per heavy atom. The standard InChI is InChI=1S/C18H22BrN/c1-3-16(14-9-5-4-6-10-14)18(20-2)13-15-11-7-8-12-17(15)19/h4-12,16,18,20H,3,13H2,1-2H3. The van der Waals surface area contributed by atoms with Crippen molar-refractivity contribution in [3.8, 4) is 0 Å². The van der Waals surface area contributed by atoms with Crippen LogP contribution < -0.4 is 5.32 Å². The highest BCUT2D eigenvalue weighted by molar-refractivity contribution is 9.10. The van der Waals surface area contributed by atoms with Crippen LogP contribution in [0.2, 0.25) is 0 Å². The van der Waals surface area contributed by atoms with Gasteiger partial charge in [-0.25, -0.2) is 0 Å². The van der Waals surface area contributed by atoms with E-state index < -0.39 is 0 Å². The third-order valence-electron chi connectivity index (χ3n) is 3.92. The predicted molar refractivity (Wildman–Crippen MR) is 90.2 cm³/mol. The van der Waals surface area contributed by atoms with Crippen LogP contribution in [-0.2, 0) is 6.42 Å². The first kappa shape index (κ1) is 15.3. The van der Waals surface area contributed by atoms with Crippen LogP contribution in [0.15, 0.2) is 59.1 Å². The molecule has 0 aliphatic heterocycles. The minimum absolute atomic E-state index is 0.445. The smallest absolute Gasteiger partial charge is 0.0207 e. The maximum Gasteiger partial charge on any atom is 0.0207 e. The van der Waals surface area contributed by atoms with E-state index in [1.807, 2.05) is 0 Å². The molecule has 2 heteroatoms. The summed E-state index contributed by atoms with van der Waals surface area (Å²) in [7, 11) is 2.06. The van der Waals surface area contributed by atoms with Crippen LogP contribution in [0, 0.1) is 0 Å². The van der Waals surface area contributed by atoms with Gasteiger partial charge in [0, 0.05) is 10.5 Å². The lowest BCUT2D eigenvalue weighted by Crippen LogP contribution is -2.34. The molecule has 0 saturated carbocycles. The van der Waals surface area contributed by atoms with Gasteiger partial charge < -0.3 is 5.32 Å². The maximum atomic E-state index is 3.65. The Bertz CT molecular complexity index is 524. The molecule has 2 aromatic carbocycles. The van der Waals surface area contributed by atoms with Crippen LogP contribution in [-0.4, -0.2) is 13.1 Å². The zero-order chi connectivity index (χ0) is 14.4. The lowest BCUT2D eigenvalue weighted by atomic mass is 9.86. The lowest BCUT2D eigenvalue weighted by molar-refractivity contribution is 0.448. The van der Waals surface area contributed by atoms with Crippen molar-refractivity contribution >= 4 is 15.9 Å². The summed E-state index contributed by atoms with van der Waals surface area (Å²) in [5.74, 6) is 0.535. The Morgan fingerprint density at radius 1 is 1.00 bits per heavy atom. The first-order valence-corrected chi connectivity index (χ1v) is 8.01. The number of benzene rings is 2. The van der Waals surface area contributed by atoms with E-state index in [2.05, 4.69) is 89.8 Å². The average molecular weight is 332 g/mol. The molecule has 2 rings (SSSR count). The van der Waals surface area contributed by atoms with E-state index in [1.54, 1.807) is 0 Å². The number of halogens is 1. The number of likely N-dealkylation sites (N-methyl/N-ethyl adjacent to an activating group) is 1. The van der Waals surface area contributed by atoms with Gasteiger partial charge in [0.05, 0.1) is 0 Å². The van der Waals surface area contributed by atoms with Gasteiger partial charge in [-0.05, 0) is 43.0 Å². The normalized spacial score (nSPS) is 13.9. The minimum atomic E-state index is 0.445. The van der Waals surface area contributed by atoms with Gasteiger partial charge in [0.15, 0.2) is 0 Å². The maximum absolute atomic E-state index is 3.65. The number of nitrogens with one attached hydrogen (secondary N) is 1. The van der Waals surface area contributed by atoms with E-state index in [0.29, 0.717) is 12.0 Å². The minimum Gasteiger partial charge on any atom is -0.316 e. The molecule has 1 nitrogen and oxygen atoms in total. The molecule has 2 aromatic rings. The molecular weight excluding hydrogens is 310 g/mol. The van der Waals surface area contributed by atoms with Crippen molar-refractivity contribution in [2.24, 2.45) is 0 Å². The molecule has 0 aromatic heterocycles. The molecule has 0 saturated heterocycles. The summed E-state index contributed by atoms with van der Waals surface area (Å²) in [6, 6.07) is 19.7. The van der Waals surface area contributed by atoms with Crippen LogP contribution in [0.25, 0.3) is 0 Å². The van der Waals surface area contributed by atoms with Crippen molar-refractivity contribution in [1.82, 2.24) is 5.32 Å². The van der Waals surface area contributed by atoms with Gasteiger partial charge in [-0.2, -0.15) is 0 Å². The molecule has 2 atom stereocenters. The molecule has 106 valence electrons. The Kier molecular flexibility index (Phi) is 5.81. The molecular formula is C18H22BrN. The molecule has 2 unspecified atom stereocenters. The SMILES string of the molecule is CCC(c1ccccc1)C(Cc1ccccc1Br)NC. The second-order valence-corrected chi connectivity index (χ2v) is 5.97. The predicted octanol–water partition coefficient (Wildman–Crippen LogP) is 4.77.